The third-order valence-electron chi connectivity index (χ3n) is 4.86. The molecule has 3 heterocycles. The maximum Gasteiger partial charge on any atom is 0.256 e. The normalized spacial score (nSPS) is 16.8. The van der Waals surface area contributed by atoms with Gasteiger partial charge in [0.15, 0.2) is 0 Å². The van der Waals surface area contributed by atoms with E-state index in [-0.39, 0.29) is 11.8 Å². The maximum atomic E-state index is 13.2. The van der Waals surface area contributed by atoms with Crippen molar-refractivity contribution >= 4 is 5.91 Å². The van der Waals surface area contributed by atoms with Gasteiger partial charge >= 0.3 is 0 Å². The summed E-state index contributed by atoms with van der Waals surface area (Å²) in [6.07, 6.45) is 6.55. The molecule has 4 rings (SSSR count). The zero-order valence-corrected chi connectivity index (χ0v) is 15.4. The summed E-state index contributed by atoms with van der Waals surface area (Å²) in [5.74, 6) is 0.212. The molecule has 1 unspecified atom stereocenters. The van der Waals surface area contributed by atoms with Crippen LogP contribution in [0.4, 0.5) is 4.39 Å². The standard InChI is InChI=1S/C21H21FN4O2/c22-17-8-9-20(23-13-17)28-15-16-5-3-11-25(14-16)21(27)18-6-1-2-7-19(18)26-12-4-10-24-26/h1-2,4,6-10,12-13,16H,3,5,11,14-15H2. The molecule has 1 amide bonds. The largest absolute Gasteiger partial charge is 0.477 e. The molecule has 1 aliphatic rings. The Kier molecular flexibility index (Phi) is 5.32. The quantitative estimate of drug-likeness (QED) is 0.681. The van der Waals surface area contributed by atoms with Crippen molar-refractivity contribution in [3.63, 3.8) is 0 Å². The minimum absolute atomic E-state index is 0.00397. The molecule has 0 N–H and O–H groups in total. The van der Waals surface area contributed by atoms with Crippen LogP contribution in [0.3, 0.4) is 0 Å². The van der Waals surface area contributed by atoms with E-state index in [9.17, 15) is 9.18 Å². The number of rotatable bonds is 5. The molecule has 1 aromatic carbocycles. The summed E-state index contributed by atoms with van der Waals surface area (Å²) in [4.78, 5) is 19.0. The van der Waals surface area contributed by atoms with Gasteiger partial charge in [0.2, 0.25) is 5.88 Å². The minimum Gasteiger partial charge on any atom is -0.477 e. The molecule has 0 bridgehead atoms. The number of carbonyl (C=O) groups is 1. The molecule has 1 aliphatic heterocycles. The number of piperidine rings is 1. The summed E-state index contributed by atoms with van der Waals surface area (Å²) >= 11 is 0. The van der Waals surface area contributed by atoms with E-state index in [1.54, 1.807) is 10.9 Å². The number of hydrogen-bond donors (Lipinski definition) is 0. The van der Waals surface area contributed by atoms with Gasteiger partial charge in [0.25, 0.3) is 5.91 Å². The van der Waals surface area contributed by atoms with E-state index in [4.69, 9.17) is 4.74 Å². The number of aromatic nitrogens is 3. The number of amides is 1. The van der Waals surface area contributed by atoms with E-state index in [0.717, 1.165) is 31.3 Å². The average molecular weight is 380 g/mol. The van der Waals surface area contributed by atoms with Crippen molar-refractivity contribution in [1.29, 1.82) is 0 Å². The van der Waals surface area contributed by atoms with Gasteiger partial charge in [0.1, 0.15) is 5.82 Å². The lowest BCUT2D eigenvalue weighted by atomic mass is 9.98. The summed E-state index contributed by atoms with van der Waals surface area (Å²) in [7, 11) is 0. The lowest BCUT2D eigenvalue weighted by Gasteiger charge is -2.33. The Hall–Kier alpha value is -3.22. The lowest BCUT2D eigenvalue weighted by Crippen LogP contribution is -2.42. The van der Waals surface area contributed by atoms with E-state index < -0.39 is 5.82 Å². The Morgan fingerprint density at radius 3 is 2.89 bits per heavy atom. The number of pyridine rings is 1. The first-order valence-electron chi connectivity index (χ1n) is 9.33. The van der Waals surface area contributed by atoms with Crippen LogP contribution in [-0.2, 0) is 0 Å². The molecule has 2 aromatic heterocycles. The summed E-state index contributed by atoms with van der Waals surface area (Å²) in [6.45, 7) is 1.79. The Morgan fingerprint density at radius 2 is 2.11 bits per heavy atom. The Balaban J connectivity index is 1.43. The summed E-state index contributed by atoms with van der Waals surface area (Å²) in [5, 5.41) is 4.25. The van der Waals surface area contributed by atoms with Crippen molar-refractivity contribution in [2.75, 3.05) is 19.7 Å². The van der Waals surface area contributed by atoms with Crippen LogP contribution in [-0.4, -0.2) is 45.3 Å². The van der Waals surface area contributed by atoms with Crippen LogP contribution >= 0.6 is 0 Å². The van der Waals surface area contributed by atoms with Crippen LogP contribution in [0.2, 0.25) is 0 Å². The van der Waals surface area contributed by atoms with Crippen molar-refractivity contribution in [2.24, 2.45) is 5.92 Å². The monoisotopic (exact) mass is 380 g/mol. The second-order valence-electron chi connectivity index (χ2n) is 6.85. The molecule has 0 aliphatic carbocycles. The topological polar surface area (TPSA) is 60.2 Å². The smallest absolute Gasteiger partial charge is 0.256 e. The summed E-state index contributed by atoms with van der Waals surface area (Å²) in [5.41, 5.74) is 1.40. The van der Waals surface area contributed by atoms with Gasteiger partial charge < -0.3 is 9.64 Å². The van der Waals surface area contributed by atoms with Crippen LogP contribution in [0.25, 0.3) is 5.69 Å². The third-order valence-corrected chi connectivity index (χ3v) is 4.86. The highest BCUT2D eigenvalue weighted by Gasteiger charge is 2.26. The zero-order valence-electron chi connectivity index (χ0n) is 15.4. The van der Waals surface area contributed by atoms with Gasteiger partial charge in [-0.3, -0.25) is 4.79 Å². The van der Waals surface area contributed by atoms with E-state index in [1.165, 1.54) is 12.1 Å². The molecule has 1 saturated heterocycles. The van der Waals surface area contributed by atoms with Gasteiger partial charge in [-0.25, -0.2) is 14.1 Å². The van der Waals surface area contributed by atoms with Gasteiger partial charge in [-0.15, -0.1) is 0 Å². The molecule has 1 fully saturated rings. The van der Waals surface area contributed by atoms with Crippen molar-refractivity contribution in [1.82, 2.24) is 19.7 Å². The SMILES string of the molecule is O=C(c1ccccc1-n1cccn1)N1CCCC(COc2ccc(F)cn2)C1. The van der Waals surface area contributed by atoms with E-state index >= 15 is 0 Å². The fourth-order valence-electron chi connectivity index (χ4n) is 3.47. The number of benzene rings is 1. The molecule has 7 heteroatoms. The van der Waals surface area contributed by atoms with Crippen LogP contribution < -0.4 is 4.74 Å². The third kappa shape index (κ3) is 4.03. The zero-order chi connectivity index (χ0) is 19.3. The van der Waals surface area contributed by atoms with Crippen molar-refractivity contribution < 1.29 is 13.9 Å². The van der Waals surface area contributed by atoms with E-state index in [1.807, 2.05) is 41.4 Å². The average Bonchev–Trinajstić information content (AvgIpc) is 3.28. The highest BCUT2D eigenvalue weighted by atomic mass is 19.1. The Labute approximate surface area is 162 Å². The lowest BCUT2D eigenvalue weighted by molar-refractivity contribution is 0.0631. The number of nitrogens with zero attached hydrogens (tertiary/aromatic N) is 4. The fraction of sp³-hybridized carbons (Fsp3) is 0.286. The molecule has 6 nitrogen and oxygen atoms in total. The first-order valence-corrected chi connectivity index (χ1v) is 9.33. The first kappa shape index (κ1) is 18.2. The highest BCUT2D eigenvalue weighted by Crippen LogP contribution is 2.22. The van der Waals surface area contributed by atoms with Gasteiger partial charge in [0, 0.05) is 37.5 Å². The number of halogens is 1. The number of carbonyl (C=O) groups excluding carboxylic acids is 1. The molecule has 0 saturated carbocycles. The number of para-hydroxylation sites is 1. The second kappa shape index (κ2) is 8.21. The molecule has 3 aromatic rings. The van der Waals surface area contributed by atoms with Crippen LogP contribution in [0.5, 0.6) is 5.88 Å². The molecule has 144 valence electrons. The van der Waals surface area contributed by atoms with Crippen molar-refractivity contribution in [3.8, 4) is 11.6 Å². The Morgan fingerprint density at radius 1 is 1.21 bits per heavy atom. The summed E-state index contributed by atoms with van der Waals surface area (Å²) in [6, 6.07) is 12.2. The number of ether oxygens (including phenoxy) is 1. The van der Waals surface area contributed by atoms with Crippen molar-refractivity contribution in [2.45, 2.75) is 12.8 Å². The predicted octanol–water partition coefficient (Wildman–Crippen LogP) is 3.34. The van der Waals surface area contributed by atoms with Crippen molar-refractivity contribution in [3.05, 3.63) is 72.4 Å². The maximum absolute atomic E-state index is 13.2. The number of likely N-dealkylation sites (tertiary alicyclic amines) is 1. The van der Waals surface area contributed by atoms with E-state index in [2.05, 4.69) is 10.1 Å². The van der Waals surface area contributed by atoms with Gasteiger partial charge in [-0.05, 0) is 37.1 Å². The van der Waals surface area contributed by atoms with Gasteiger partial charge in [-0.2, -0.15) is 5.10 Å². The molecular formula is C21H21FN4O2. The minimum atomic E-state index is -0.391. The predicted molar refractivity (Wildman–Crippen MR) is 102 cm³/mol. The number of hydrogen-bond acceptors (Lipinski definition) is 4. The molecule has 28 heavy (non-hydrogen) atoms. The van der Waals surface area contributed by atoms with Crippen LogP contribution in [0, 0.1) is 11.7 Å². The second-order valence-corrected chi connectivity index (χ2v) is 6.85. The van der Waals surface area contributed by atoms with Crippen LogP contribution in [0.1, 0.15) is 23.2 Å². The molecule has 0 spiro atoms. The first-order chi connectivity index (χ1) is 13.7. The van der Waals surface area contributed by atoms with Gasteiger partial charge in [0.05, 0.1) is 24.1 Å². The fourth-order valence-corrected chi connectivity index (χ4v) is 3.47. The van der Waals surface area contributed by atoms with Crippen LogP contribution in [0.15, 0.2) is 61.1 Å². The molecular weight excluding hydrogens is 359 g/mol. The summed E-state index contributed by atoms with van der Waals surface area (Å²) < 4.78 is 20.3. The Bertz CT molecular complexity index is 928. The molecule has 1 atom stereocenters. The van der Waals surface area contributed by atoms with E-state index in [0.29, 0.717) is 24.6 Å². The molecule has 0 radical (unpaired) electrons. The van der Waals surface area contributed by atoms with Gasteiger partial charge in [-0.1, -0.05) is 12.1 Å². The highest BCUT2D eigenvalue weighted by molar-refractivity contribution is 5.97.